The molecule has 1 aliphatic rings. The maximum absolute atomic E-state index is 14.9. The third-order valence-electron chi connectivity index (χ3n) is 6.75. The van der Waals surface area contributed by atoms with Crippen LogP contribution in [0.15, 0.2) is 30.6 Å². The smallest absolute Gasteiger partial charge is 0.429 e. The number of carbonyl (C=O) groups is 1. The zero-order valence-electron chi connectivity index (χ0n) is 22.2. The first-order chi connectivity index (χ1) is 19.8. The predicted octanol–water partition coefficient (Wildman–Crippen LogP) is 6.72. The fourth-order valence-electron chi connectivity index (χ4n) is 4.63. The van der Waals surface area contributed by atoms with Crippen LogP contribution in [0.1, 0.15) is 42.7 Å². The normalized spacial score (nSPS) is 15.1. The molecular weight excluding hydrogens is 623 g/mol. The Morgan fingerprint density at radius 2 is 1.72 bits per heavy atom. The van der Waals surface area contributed by atoms with Crippen LogP contribution in [0.3, 0.4) is 0 Å². The van der Waals surface area contributed by atoms with Crippen LogP contribution in [0.2, 0.25) is 5.02 Å². The van der Waals surface area contributed by atoms with Gasteiger partial charge in [-0.2, -0.15) is 50.6 Å². The second kappa shape index (κ2) is 10.6. The first-order valence-electron chi connectivity index (χ1n) is 12.2. The molecule has 0 N–H and O–H groups in total. The van der Waals surface area contributed by atoms with Crippen molar-refractivity contribution in [1.82, 2.24) is 24.5 Å². The highest BCUT2D eigenvalue weighted by Gasteiger charge is 2.76. The van der Waals surface area contributed by atoms with Gasteiger partial charge >= 0.3 is 24.6 Å². The first-order valence-corrected chi connectivity index (χ1v) is 12.6. The highest BCUT2D eigenvalue weighted by molar-refractivity contribution is 6.34. The van der Waals surface area contributed by atoms with Crippen molar-refractivity contribution < 1.29 is 49.0 Å². The summed E-state index contributed by atoms with van der Waals surface area (Å²) in [6.45, 7) is -0.552. The average Bonchev–Trinajstić information content (AvgIpc) is 3.38. The van der Waals surface area contributed by atoms with Gasteiger partial charge in [0.1, 0.15) is 5.54 Å². The quantitative estimate of drug-likeness (QED) is 0.255. The van der Waals surface area contributed by atoms with Crippen molar-refractivity contribution in [2.24, 2.45) is 7.05 Å². The molecule has 43 heavy (non-hydrogen) atoms. The fourth-order valence-corrected chi connectivity index (χ4v) is 4.83. The lowest BCUT2D eigenvalue weighted by Gasteiger charge is -2.31. The summed E-state index contributed by atoms with van der Waals surface area (Å²) in [5.74, 6) is -3.41. The highest BCUT2D eigenvalue weighted by atomic mass is 35.5. The minimum Gasteiger partial charge on any atom is -0.429 e. The molecular formula is C25H20ClF9N6O2. The number of amides is 1. The Morgan fingerprint density at radius 1 is 1.12 bits per heavy atom. The van der Waals surface area contributed by atoms with E-state index >= 15 is 0 Å². The van der Waals surface area contributed by atoms with Crippen molar-refractivity contribution in [2.45, 2.75) is 62.9 Å². The van der Waals surface area contributed by atoms with Gasteiger partial charge < -0.3 is 9.64 Å². The summed E-state index contributed by atoms with van der Waals surface area (Å²) in [5, 5.41) is 16.4. The summed E-state index contributed by atoms with van der Waals surface area (Å²) < 4.78 is 127. The predicted molar refractivity (Wildman–Crippen MR) is 131 cm³/mol. The molecule has 8 nitrogen and oxygen atoms in total. The van der Waals surface area contributed by atoms with Gasteiger partial charge in [0.15, 0.2) is 17.3 Å². The van der Waals surface area contributed by atoms with Crippen LogP contribution in [-0.4, -0.2) is 60.9 Å². The lowest BCUT2D eigenvalue weighted by Crippen LogP contribution is -2.51. The molecule has 3 aromatic rings. The number of halogens is 10. The summed E-state index contributed by atoms with van der Waals surface area (Å²) >= 11 is 6.28. The lowest BCUT2D eigenvalue weighted by atomic mass is 9.99. The summed E-state index contributed by atoms with van der Waals surface area (Å²) in [5.41, 5.74) is -9.40. The van der Waals surface area contributed by atoms with Crippen molar-refractivity contribution in [2.75, 3.05) is 0 Å². The molecule has 0 spiro atoms. The molecule has 0 bridgehead atoms. The first kappa shape index (κ1) is 32.0. The second-order valence-corrected chi connectivity index (χ2v) is 10.3. The Labute approximate surface area is 242 Å². The molecule has 0 radical (unpaired) electrons. The molecule has 2 heterocycles. The molecule has 18 heteroatoms. The van der Waals surface area contributed by atoms with Gasteiger partial charge in [0.2, 0.25) is 0 Å². The van der Waals surface area contributed by atoms with E-state index in [1.165, 1.54) is 23.1 Å². The van der Waals surface area contributed by atoms with Gasteiger partial charge in [0.05, 0.1) is 22.9 Å². The Bertz CT molecular complexity index is 1570. The number of hydrogen-bond acceptors (Lipinski definition) is 5. The van der Waals surface area contributed by atoms with E-state index in [2.05, 4.69) is 21.0 Å². The Balaban J connectivity index is 1.82. The number of hydrogen-bond donors (Lipinski definition) is 0. The molecule has 1 aliphatic carbocycles. The molecule has 0 aliphatic heterocycles. The number of nitriles is 1. The van der Waals surface area contributed by atoms with E-state index in [1.54, 1.807) is 13.8 Å². The average molecular weight is 643 g/mol. The Morgan fingerprint density at radius 3 is 2.21 bits per heavy atom. The van der Waals surface area contributed by atoms with Gasteiger partial charge in [-0.3, -0.25) is 4.79 Å². The second-order valence-electron chi connectivity index (χ2n) is 9.94. The van der Waals surface area contributed by atoms with Gasteiger partial charge in [-0.1, -0.05) is 17.7 Å². The van der Waals surface area contributed by atoms with E-state index in [0.29, 0.717) is 17.5 Å². The fraction of sp³-hybridized carbons (Fsp3) is 0.440. The minimum absolute atomic E-state index is 0.0167. The number of rotatable bonds is 8. The molecule has 1 saturated carbocycles. The number of aromatic nitrogens is 4. The number of alkyl halides is 9. The SMILES string of the molecule is CC(C)N(C(=O)c1cc(-c2cnn(-c3c(OC(F)F)c(C(F)(C(F)(F)F)C(F)(F)F)nn3C)c2)ccc1Cl)C1(C#N)CC1. The molecule has 1 aromatic carbocycles. The van der Waals surface area contributed by atoms with Gasteiger partial charge in [-0.05, 0) is 44.4 Å². The van der Waals surface area contributed by atoms with Crippen molar-refractivity contribution in [3.63, 3.8) is 0 Å². The Kier molecular flexibility index (Phi) is 7.92. The summed E-state index contributed by atoms with van der Waals surface area (Å²) in [7, 11) is 0.772. The minimum atomic E-state index is -6.66. The number of carbonyl (C=O) groups excluding carboxylic acids is 1. The monoisotopic (exact) mass is 642 g/mol. The van der Waals surface area contributed by atoms with Crippen LogP contribution in [-0.2, 0) is 12.7 Å². The van der Waals surface area contributed by atoms with Gasteiger partial charge in [-0.15, -0.1) is 0 Å². The van der Waals surface area contributed by atoms with Crippen molar-refractivity contribution in [3.8, 4) is 28.8 Å². The van der Waals surface area contributed by atoms with Crippen molar-refractivity contribution >= 4 is 17.5 Å². The van der Waals surface area contributed by atoms with E-state index in [9.17, 15) is 49.6 Å². The van der Waals surface area contributed by atoms with E-state index in [-0.39, 0.29) is 32.4 Å². The van der Waals surface area contributed by atoms with E-state index in [1.807, 2.05) is 0 Å². The number of nitrogens with zero attached hydrogens (tertiary/aromatic N) is 6. The van der Waals surface area contributed by atoms with E-state index in [4.69, 9.17) is 11.6 Å². The van der Waals surface area contributed by atoms with Crippen molar-refractivity contribution in [3.05, 3.63) is 46.9 Å². The van der Waals surface area contributed by atoms with Crippen molar-refractivity contribution in [1.29, 1.82) is 5.26 Å². The van der Waals surface area contributed by atoms with E-state index in [0.717, 1.165) is 19.4 Å². The van der Waals surface area contributed by atoms with Crippen LogP contribution in [0, 0.1) is 11.3 Å². The number of benzene rings is 1. The number of aryl methyl sites for hydroxylation is 1. The molecule has 4 rings (SSSR count). The summed E-state index contributed by atoms with van der Waals surface area (Å²) in [4.78, 5) is 14.9. The highest BCUT2D eigenvalue weighted by Crippen LogP contribution is 2.56. The van der Waals surface area contributed by atoms with E-state index < -0.39 is 53.3 Å². The standard InChI is InChI=1S/C25H20ClF9N6O2/c1-12(2)41(22(11-36)6-7-22)20(42)15-8-13(4-5-16(15)26)14-9-37-40(10-14)19-17(43-21(27)28)18(38-39(19)3)23(29,24(30,31)32)25(33,34)35/h4-5,8-10,12,21H,6-7H2,1-3H3. The molecule has 0 unspecified atom stereocenters. The van der Waals surface area contributed by atoms with Crippen LogP contribution >= 0.6 is 11.6 Å². The largest absolute Gasteiger partial charge is 0.437 e. The molecule has 2 aromatic heterocycles. The molecule has 0 saturated heterocycles. The maximum Gasteiger partial charge on any atom is 0.437 e. The third-order valence-corrected chi connectivity index (χ3v) is 7.08. The molecule has 232 valence electrons. The maximum atomic E-state index is 14.9. The van der Waals surface area contributed by atoms with Crippen LogP contribution in [0.5, 0.6) is 5.75 Å². The zero-order valence-corrected chi connectivity index (χ0v) is 23.0. The summed E-state index contributed by atoms with van der Waals surface area (Å²) in [6, 6.07) is 5.81. The topological polar surface area (TPSA) is 89.0 Å². The summed E-state index contributed by atoms with van der Waals surface area (Å²) in [6.07, 6.45) is -10.4. The van der Waals surface area contributed by atoms with Gasteiger partial charge in [0, 0.05) is 24.8 Å². The van der Waals surface area contributed by atoms with Crippen LogP contribution in [0.25, 0.3) is 16.9 Å². The van der Waals surface area contributed by atoms with Gasteiger partial charge in [-0.25, -0.2) is 13.8 Å². The molecule has 1 amide bonds. The number of ether oxygens (including phenoxy) is 1. The lowest BCUT2D eigenvalue weighted by molar-refractivity contribution is -0.350. The Hall–Kier alpha value is -3.94. The molecule has 0 atom stereocenters. The third kappa shape index (κ3) is 5.36. The van der Waals surface area contributed by atoms with Gasteiger partial charge in [0.25, 0.3) is 5.91 Å². The van der Waals surface area contributed by atoms with Crippen LogP contribution in [0.4, 0.5) is 39.5 Å². The van der Waals surface area contributed by atoms with Crippen LogP contribution < -0.4 is 4.74 Å². The molecule has 1 fully saturated rings. The zero-order chi connectivity index (χ0) is 32.3.